The van der Waals surface area contributed by atoms with Gasteiger partial charge in [-0.3, -0.25) is 24.6 Å². The highest BCUT2D eigenvalue weighted by Crippen LogP contribution is 2.51. The Hall–Kier alpha value is -3.19. The molecule has 2 saturated heterocycles. The van der Waals surface area contributed by atoms with Crippen LogP contribution in [0.15, 0.2) is 54.6 Å². The largest absolute Gasteiger partial charge is 0.508 e. The third-order valence-electron chi connectivity index (χ3n) is 6.46. The number of aromatic hydroxyl groups is 1. The lowest BCUT2D eigenvalue weighted by atomic mass is 9.76. The van der Waals surface area contributed by atoms with Crippen LogP contribution < -0.4 is 5.32 Å². The highest BCUT2D eigenvalue weighted by molar-refractivity contribution is 6.09. The third kappa shape index (κ3) is 3.39. The highest BCUT2D eigenvalue weighted by atomic mass is 16.4. The van der Waals surface area contributed by atoms with Crippen LogP contribution in [-0.4, -0.2) is 45.0 Å². The van der Waals surface area contributed by atoms with Crippen molar-refractivity contribution in [3.8, 4) is 5.75 Å². The zero-order valence-corrected chi connectivity index (χ0v) is 17.3. The van der Waals surface area contributed by atoms with Crippen LogP contribution >= 0.6 is 0 Å². The molecule has 2 heterocycles. The van der Waals surface area contributed by atoms with Crippen molar-refractivity contribution in [3.05, 3.63) is 65.7 Å². The van der Waals surface area contributed by atoms with Crippen LogP contribution in [0.5, 0.6) is 5.75 Å². The predicted octanol–water partition coefficient (Wildman–Crippen LogP) is 2.50. The Morgan fingerprint density at radius 3 is 2.39 bits per heavy atom. The van der Waals surface area contributed by atoms with Crippen LogP contribution in [0.25, 0.3) is 0 Å². The van der Waals surface area contributed by atoms with Crippen LogP contribution in [-0.2, 0) is 20.8 Å². The summed E-state index contributed by atoms with van der Waals surface area (Å²) in [5, 5.41) is 23.9. The zero-order chi connectivity index (χ0) is 22.2. The maximum atomic E-state index is 13.4. The van der Waals surface area contributed by atoms with Crippen LogP contribution in [0.4, 0.5) is 0 Å². The lowest BCUT2D eigenvalue weighted by molar-refractivity contribution is -0.151. The summed E-state index contributed by atoms with van der Waals surface area (Å²) >= 11 is 0. The van der Waals surface area contributed by atoms with Gasteiger partial charge in [0.25, 0.3) is 0 Å². The fraction of sp³-hybridized carbons (Fsp3) is 0.375. The van der Waals surface area contributed by atoms with Gasteiger partial charge in [0, 0.05) is 24.6 Å². The molecule has 3 N–H and O–H groups in total. The second-order valence-corrected chi connectivity index (χ2v) is 8.30. The molecule has 0 aliphatic carbocycles. The van der Waals surface area contributed by atoms with E-state index >= 15 is 0 Å². The summed E-state index contributed by atoms with van der Waals surface area (Å²) in [6.07, 6.45) is 1.51. The van der Waals surface area contributed by atoms with Crippen molar-refractivity contribution < 1.29 is 24.6 Å². The topological polar surface area (TPSA) is 107 Å². The van der Waals surface area contributed by atoms with Crippen molar-refractivity contribution in [2.24, 2.45) is 11.8 Å². The van der Waals surface area contributed by atoms with E-state index in [9.17, 15) is 24.6 Å². The van der Waals surface area contributed by atoms with Crippen molar-refractivity contribution in [2.45, 2.75) is 37.8 Å². The zero-order valence-electron chi connectivity index (χ0n) is 17.3. The molecule has 2 fully saturated rings. The molecule has 2 aromatic carbocycles. The smallest absolute Gasteiger partial charge is 0.325 e. The molecule has 2 aliphatic rings. The fourth-order valence-corrected chi connectivity index (χ4v) is 4.97. The second kappa shape index (κ2) is 8.15. The molecule has 2 amide bonds. The minimum Gasteiger partial charge on any atom is -0.508 e. The first-order chi connectivity index (χ1) is 14.9. The van der Waals surface area contributed by atoms with Crippen molar-refractivity contribution in [3.63, 3.8) is 0 Å². The molecule has 7 nitrogen and oxygen atoms in total. The Kier molecular flexibility index (Phi) is 5.54. The highest BCUT2D eigenvalue weighted by Gasteiger charge is 2.68. The number of para-hydroxylation sites is 1. The summed E-state index contributed by atoms with van der Waals surface area (Å²) in [5.41, 5.74) is -0.485. The number of imide groups is 1. The van der Waals surface area contributed by atoms with E-state index < -0.39 is 35.3 Å². The van der Waals surface area contributed by atoms with Crippen LogP contribution in [0.3, 0.4) is 0 Å². The van der Waals surface area contributed by atoms with E-state index in [2.05, 4.69) is 5.32 Å². The minimum absolute atomic E-state index is 0.0353. The number of nitrogens with one attached hydrogen (secondary N) is 1. The first kappa shape index (κ1) is 21.1. The Balaban J connectivity index is 1.84. The molecule has 4 atom stereocenters. The number of likely N-dealkylation sites (tertiary alicyclic amines) is 1. The van der Waals surface area contributed by atoms with Gasteiger partial charge < -0.3 is 10.2 Å². The van der Waals surface area contributed by atoms with Crippen molar-refractivity contribution in [2.75, 3.05) is 6.54 Å². The predicted molar refractivity (Wildman–Crippen MR) is 113 cm³/mol. The number of carbonyl (C=O) groups excluding carboxylic acids is 2. The third-order valence-corrected chi connectivity index (χ3v) is 6.46. The van der Waals surface area contributed by atoms with Crippen molar-refractivity contribution >= 4 is 17.8 Å². The molecule has 0 aromatic heterocycles. The number of unbranched alkanes of at least 4 members (excludes halogenated alkanes) is 1. The molecule has 0 bridgehead atoms. The molecule has 0 saturated carbocycles. The van der Waals surface area contributed by atoms with E-state index in [0.717, 1.165) is 12.0 Å². The average molecular weight is 422 g/mol. The monoisotopic (exact) mass is 422 g/mol. The Bertz CT molecular complexity index is 1010. The number of nitrogens with zero attached hydrogens (tertiary/aromatic N) is 1. The van der Waals surface area contributed by atoms with E-state index in [1.165, 1.54) is 11.0 Å². The number of phenolic OH excluding ortho intramolecular Hbond substituents is 1. The van der Waals surface area contributed by atoms with E-state index in [1.54, 1.807) is 18.2 Å². The van der Waals surface area contributed by atoms with Gasteiger partial charge >= 0.3 is 5.97 Å². The van der Waals surface area contributed by atoms with Crippen LogP contribution in [0.1, 0.15) is 36.9 Å². The van der Waals surface area contributed by atoms with Gasteiger partial charge in [-0.25, -0.2) is 0 Å². The Morgan fingerprint density at radius 2 is 1.74 bits per heavy atom. The van der Waals surface area contributed by atoms with Gasteiger partial charge in [0.2, 0.25) is 11.8 Å². The molecule has 2 aromatic rings. The Labute approximate surface area is 180 Å². The molecule has 2 aliphatic heterocycles. The number of benzene rings is 2. The van der Waals surface area contributed by atoms with Gasteiger partial charge in [-0.1, -0.05) is 61.9 Å². The molecule has 7 heteroatoms. The van der Waals surface area contributed by atoms with Crippen LogP contribution in [0, 0.1) is 11.8 Å². The maximum Gasteiger partial charge on any atom is 0.325 e. The normalized spacial score (nSPS) is 27.5. The quantitative estimate of drug-likeness (QED) is 0.592. The molecular formula is C24H26N2O5. The van der Waals surface area contributed by atoms with Crippen LogP contribution in [0.2, 0.25) is 0 Å². The number of hydrogen-bond acceptors (Lipinski definition) is 5. The molecule has 0 radical (unpaired) electrons. The SMILES string of the molecule is CCCCN1C(=O)C2C(c3ccccc3O)NC(Cc3ccccc3)(C(=O)O)C2C1=O. The van der Waals surface area contributed by atoms with Gasteiger partial charge in [0.1, 0.15) is 11.3 Å². The lowest BCUT2D eigenvalue weighted by Crippen LogP contribution is -2.57. The summed E-state index contributed by atoms with van der Waals surface area (Å²) in [7, 11) is 0. The summed E-state index contributed by atoms with van der Waals surface area (Å²) in [5.74, 6) is -3.99. The average Bonchev–Trinajstić information content (AvgIpc) is 3.22. The maximum absolute atomic E-state index is 13.4. The standard InChI is InChI=1S/C24H26N2O5/c1-2-3-13-26-21(28)18-19(22(26)29)24(23(30)31,14-15-9-5-4-6-10-15)25-20(18)16-11-7-8-12-17(16)27/h4-12,18-20,25,27H,2-3,13-14H2,1H3,(H,30,31). The number of carbonyl (C=O) groups is 3. The molecule has 0 spiro atoms. The first-order valence-electron chi connectivity index (χ1n) is 10.6. The van der Waals surface area contributed by atoms with E-state index in [4.69, 9.17) is 0 Å². The lowest BCUT2D eigenvalue weighted by Gasteiger charge is -2.31. The minimum atomic E-state index is -1.66. The first-order valence-corrected chi connectivity index (χ1v) is 10.6. The number of rotatable bonds is 7. The van der Waals surface area contributed by atoms with Crippen molar-refractivity contribution in [1.29, 1.82) is 0 Å². The van der Waals surface area contributed by atoms with Crippen molar-refractivity contribution in [1.82, 2.24) is 10.2 Å². The fourth-order valence-electron chi connectivity index (χ4n) is 4.97. The number of phenols is 1. The number of carboxylic acid groups (broad SMARTS) is 1. The van der Waals surface area contributed by atoms with E-state index in [1.807, 2.05) is 37.3 Å². The summed E-state index contributed by atoms with van der Waals surface area (Å²) < 4.78 is 0. The molecule has 4 rings (SSSR count). The summed E-state index contributed by atoms with van der Waals surface area (Å²) in [4.78, 5) is 40.7. The van der Waals surface area contributed by atoms with Gasteiger partial charge in [0.15, 0.2) is 0 Å². The Morgan fingerprint density at radius 1 is 1.06 bits per heavy atom. The van der Waals surface area contributed by atoms with Gasteiger partial charge in [-0.15, -0.1) is 0 Å². The molecular weight excluding hydrogens is 396 g/mol. The van der Waals surface area contributed by atoms with Gasteiger partial charge in [0.05, 0.1) is 11.8 Å². The van der Waals surface area contributed by atoms with E-state index in [0.29, 0.717) is 12.0 Å². The van der Waals surface area contributed by atoms with Gasteiger partial charge in [-0.05, 0) is 18.1 Å². The summed E-state index contributed by atoms with van der Waals surface area (Å²) in [6, 6.07) is 14.8. The number of amides is 2. The number of fused-ring (bicyclic) bond motifs is 1. The number of carboxylic acids is 1. The molecule has 4 unspecified atom stereocenters. The molecule has 31 heavy (non-hydrogen) atoms. The molecule has 162 valence electrons. The number of hydrogen-bond donors (Lipinski definition) is 3. The second-order valence-electron chi connectivity index (χ2n) is 8.30. The summed E-state index contributed by atoms with van der Waals surface area (Å²) in [6.45, 7) is 2.24. The van der Waals surface area contributed by atoms with Gasteiger partial charge in [-0.2, -0.15) is 0 Å². The number of aliphatic carboxylic acids is 1. The van der Waals surface area contributed by atoms with E-state index in [-0.39, 0.29) is 24.6 Å².